The van der Waals surface area contributed by atoms with Gasteiger partial charge in [-0.1, -0.05) is 30.3 Å². The van der Waals surface area contributed by atoms with Crippen molar-refractivity contribution in [2.24, 2.45) is 0 Å². The summed E-state index contributed by atoms with van der Waals surface area (Å²) in [5.41, 5.74) is 2.12. The lowest BCUT2D eigenvalue weighted by molar-refractivity contribution is -0.147. The van der Waals surface area contributed by atoms with Crippen LogP contribution in [-0.2, 0) is 22.7 Å². The molecule has 1 aromatic heterocycles. The molecule has 3 nitrogen and oxygen atoms in total. The predicted octanol–water partition coefficient (Wildman–Crippen LogP) is 3.11. The summed E-state index contributed by atoms with van der Waals surface area (Å²) in [5.74, 6) is -0.212. The van der Waals surface area contributed by atoms with Gasteiger partial charge >= 0.3 is 5.97 Å². The van der Waals surface area contributed by atoms with Gasteiger partial charge in [-0.15, -0.1) is 0 Å². The normalized spacial score (nSPS) is 17.8. The average Bonchev–Trinajstić information content (AvgIpc) is 2.94. The fourth-order valence-electron chi connectivity index (χ4n) is 2.63. The lowest BCUT2D eigenvalue weighted by atomic mass is 9.96. The summed E-state index contributed by atoms with van der Waals surface area (Å²) < 4.78 is 7.59. The van der Waals surface area contributed by atoms with Crippen molar-refractivity contribution in [1.82, 2.24) is 4.57 Å². The van der Waals surface area contributed by atoms with Crippen molar-refractivity contribution in [3.05, 3.63) is 59.9 Å². The third kappa shape index (κ3) is 2.55. The lowest BCUT2D eigenvalue weighted by Crippen LogP contribution is -2.23. The van der Waals surface area contributed by atoms with Crippen LogP contribution in [0, 0.1) is 0 Å². The number of rotatable bonds is 3. The Morgan fingerprint density at radius 1 is 1.21 bits per heavy atom. The van der Waals surface area contributed by atoms with Crippen LogP contribution in [-0.4, -0.2) is 10.5 Å². The second-order valence-electron chi connectivity index (χ2n) is 4.91. The molecule has 0 saturated carbocycles. The molecule has 3 rings (SSSR count). The summed E-state index contributed by atoms with van der Waals surface area (Å²) >= 11 is 0. The molecule has 0 N–H and O–H groups in total. The fourth-order valence-corrected chi connectivity index (χ4v) is 2.63. The largest absolute Gasteiger partial charge is 0.460 e. The van der Waals surface area contributed by atoms with Crippen LogP contribution in [0.25, 0.3) is 0 Å². The molecule has 0 aliphatic carbocycles. The van der Waals surface area contributed by atoms with Gasteiger partial charge in [-0.2, -0.15) is 0 Å². The number of hydrogen-bond donors (Lipinski definition) is 0. The Morgan fingerprint density at radius 3 is 2.89 bits per heavy atom. The molecule has 1 aliphatic heterocycles. The topological polar surface area (TPSA) is 31.2 Å². The molecule has 0 radical (unpaired) electrons. The number of hydrogen-bond acceptors (Lipinski definition) is 2. The number of carbonyl (C=O) groups excluding carboxylic acids is 1. The van der Waals surface area contributed by atoms with E-state index in [1.165, 1.54) is 0 Å². The lowest BCUT2D eigenvalue weighted by Gasteiger charge is -2.23. The Kier molecular flexibility index (Phi) is 3.36. The van der Waals surface area contributed by atoms with Crippen molar-refractivity contribution in [3.8, 4) is 0 Å². The van der Waals surface area contributed by atoms with Crippen LogP contribution in [0.4, 0.5) is 0 Å². The molecule has 2 heterocycles. The van der Waals surface area contributed by atoms with E-state index >= 15 is 0 Å². The highest BCUT2D eigenvalue weighted by molar-refractivity contribution is 5.77. The zero-order valence-corrected chi connectivity index (χ0v) is 10.8. The van der Waals surface area contributed by atoms with Crippen molar-refractivity contribution < 1.29 is 9.53 Å². The van der Waals surface area contributed by atoms with Crippen molar-refractivity contribution in [2.45, 2.75) is 31.9 Å². The molecule has 0 saturated heterocycles. The van der Waals surface area contributed by atoms with E-state index in [-0.39, 0.29) is 11.9 Å². The quantitative estimate of drug-likeness (QED) is 0.789. The molecular weight excluding hydrogens is 238 g/mol. The Morgan fingerprint density at radius 2 is 2.05 bits per heavy atom. The Balaban J connectivity index is 1.66. The van der Waals surface area contributed by atoms with E-state index in [1.807, 2.05) is 48.7 Å². The molecule has 1 unspecified atom stereocenters. The van der Waals surface area contributed by atoms with Gasteiger partial charge in [0.05, 0.1) is 5.92 Å². The number of nitrogens with zero attached hydrogens (tertiary/aromatic N) is 1. The van der Waals surface area contributed by atoms with Gasteiger partial charge in [0.2, 0.25) is 0 Å². The second-order valence-corrected chi connectivity index (χ2v) is 4.91. The maximum atomic E-state index is 12.2. The summed E-state index contributed by atoms with van der Waals surface area (Å²) in [6.45, 7) is 1.36. The minimum Gasteiger partial charge on any atom is -0.460 e. The maximum Gasteiger partial charge on any atom is 0.315 e. The number of benzene rings is 1. The molecule has 0 amide bonds. The molecule has 98 valence electrons. The first-order valence-corrected chi connectivity index (χ1v) is 6.70. The van der Waals surface area contributed by atoms with Gasteiger partial charge in [0.25, 0.3) is 0 Å². The van der Waals surface area contributed by atoms with Gasteiger partial charge in [0, 0.05) is 18.4 Å². The van der Waals surface area contributed by atoms with Crippen LogP contribution in [0.15, 0.2) is 48.7 Å². The average molecular weight is 255 g/mol. The van der Waals surface area contributed by atoms with Gasteiger partial charge < -0.3 is 9.30 Å². The standard InChI is InChI=1S/C16H17NO2/c18-16(19-12-13-6-2-1-3-7-13)14-8-4-10-17-11-5-9-15(14)17/h1-3,5-7,9,11,14H,4,8,10,12H2. The summed E-state index contributed by atoms with van der Waals surface area (Å²) in [6, 6.07) is 13.8. The molecule has 2 aromatic rings. The molecule has 3 heteroatoms. The van der Waals surface area contributed by atoms with Crippen molar-refractivity contribution in [3.63, 3.8) is 0 Å². The zero-order valence-electron chi connectivity index (χ0n) is 10.8. The van der Waals surface area contributed by atoms with Crippen LogP contribution in [0.1, 0.15) is 30.0 Å². The number of aryl methyl sites for hydroxylation is 1. The molecule has 0 fully saturated rings. The first-order valence-electron chi connectivity index (χ1n) is 6.70. The van der Waals surface area contributed by atoms with Crippen LogP contribution < -0.4 is 0 Å². The molecule has 1 aliphatic rings. The minimum absolute atomic E-state index is 0.104. The Hall–Kier alpha value is -2.03. The fraction of sp³-hybridized carbons (Fsp3) is 0.312. The van der Waals surface area contributed by atoms with Crippen LogP contribution in [0.5, 0.6) is 0 Å². The summed E-state index contributed by atoms with van der Waals surface area (Å²) in [6.07, 6.45) is 3.95. The predicted molar refractivity (Wildman–Crippen MR) is 72.6 cm³/mol. The van der Waals surface area contributed by atoms with Gasteiger partial charge in [0.1, 0.15) is 6.61 Å². The maximum absolute atomic E-state index is 12.2. The first kappa shape index (κ1) is 12.0. The van der Waals surface area contributed by atoms with Gasteiger partial charge in [-0.3, -0.25) is 4.79 Å². The number of aromatic nitrogens is 1. The first-order chi connectivity index (χ1) is 9.34. The van der Waals surface area contributed by atoms with E-state index in [0.29, 0.717) is 6.61 Å². The monoisotopic (exact) mass is 255 g/mol. The number of esters is 1. The summed E-state index contributed by atoms with van der Waals surface area (Å²) in [4.78, 5) is 12.2. The van der Waals surface area contributed by atoms with E-state index < -0.39 is 0 Å². The van der Waals surface area contributed by atoms with E-state index in [2.05, 4.69) is 4.57 Å². The Bertz CT molecular complexity index is 559. The highest BCUT2D eigenvalue weighted by Gasteiger charge is 2.27. The molecule has 1 atom stereocenters. The minimum atomic E-state index is -0.108. The number of ether oxygens (including phenoxy) is 1. The Labute approximate surface area is 112 Å². The van der Waals surface area contributed by atoms with Gasteiger partial charge in [-0.25, -0.2) is 0 Å². The van der Waals surface area contributed by atoms with E-state index in [0.717, 1.165) is 30.6 Å². The van der Waals surface area contributed by atoms with Crippen LogP contribution in [0.3, 0.4) is 0 Å². The third-order valence-electron chi connectivity index (χ3n) is 3.62. The molecule has 19 heavy (non-hydrogen) atoms. The number of carbonyl (C=O) groups is 1. The molecule has 0 spiro atoms. The smallest absolute Gasteiger partial charge is 0.315 e. The molecule has 0 bridgehead atoms. The SMILES string of the molecule is O=C(OCc1ccccc1)C1CCCn2cccc21. The highest BCUT2D eigenvalue weighted by Crippen LogP contribution is 2.28. The third-order valence-corrected chi connectivity index (χ3v) is 3.62. The van der Waals surface area contributed by atoms with Crippen molar-refractivity contribution in [2.75, 3.05) is 0 Å². The van der Waals surface area contributed by atoms with Crippen LogP contribution in [0.2, 0.25) is 0 Å². The van der Waals surface area contributed by atoms with Crippen LogP contribution >= 0.6 is 0 Å². The summed E-state index contributed by atoms with van der Waals surface area (Å²) in [5, 5.41) is 0. The number of fused-ring (bicyclic) bond motifs is 1. The van der Waals surface area contributed by atoms with E-state index in [9.17, 15) is 4.79 Å². The van der Waals surface area contributed by atoms with Gasteiger partial charge in [-0.05, 0) is 30.5 Å². The van der Waals surface area contributed by atoms with E-state index in [4.69, 9.17) is 4.74 Å². The second kappa shape index (κ2) is 5.31. The highest BCUT2D eigenvalue weighted by atomic mass is 16.5. The van der Waals surface area contributed by atoms with Gasteiger partial charge in [0.15, 0.2) is 0 Å². The molecular formula is C16H17NO2. The van der Waals surface area contributed by atoms with Crippen molar-refractivity contribution >= 4 is 5.97 Å². The molecule has 1 aromatic carbocycles. The van der Waals surface area contributed by atoms with Crippen molar-refractivity contribution in [1.29, 1.82) is 0 Å². The summed E-state index contributed by atoms with van der Waals surface area (Å²) in [7, 11) is 0. The van der Waals surface area contributed by atoms with E-state index in [1.54, 1.807) is 0 Å². The zero-order chi connectivity index (χ0) is 13.1.